The van der Waals surface area contributed by atoms with Crippen molar-refractivity contribution in [3.63, 3.8) is 0 Å². The van der Waals surface area contributed by atoms with Crippen LogP contribution in [0.2, 0.25) is 0 Å². The molecule has 0 saturated heterocycles. The van der Waals surface area contributed by atoms with Gasteiger partial charge in [0, 0.05) is 12.0 Å². The number of H-pyrrole nitrogens is 1. The molecule has 4 nitrogen and oxygen atoms in total. The monoisotopic (exact) mass is 265 g/mol. The number of ether oxygens (including phenoxy) is 1. The quantitative estimate of drug-likeness (QED) is 0.819. The maximum absolute atomic E-state index is 5.61. The summed E-state index contributed by atoms with van der Waals surface area (Å²) in [5.74, 6) is 0.954. The molecule has 17 heavy (non-hydrogen) atoms. The first-order valence-electron chi connectivity index (χ1n) is 5.37. The molecule has 2 aromatic rings. The summed E-state index contributed by atoms with van der Waals surface area (Å²) in [5, 5.41) is 11.1. The topological polar surface area (TPSA) is 49.9 Å². The number of hydrogen-bond acceptors (Lipinski definition) is 5. The molecule has 0 bridgehead atoms. The first kappa shape index (κ1) is 10.7. The van der Waals surface area contributed by atoms with E-state index in [1.54, 1.807) is 0 Å². The SMILES string of the molecule is S=c1[nH]nc(NC2CCOc3ccccc32)s1. The van der Waals surface area contributed by atoms with Crippen molar-refractivity contribution in [1.29, 1.82) is 0 Å². The van der Waals surface area contributed by atoms with E-state index in [4.69, 9.17) is 17.0 Å². The number of anilines is 1. The van der Waals surface area contributed by atoms with Crippen LogP contribution in [0.5, 0.6) is 5.75 Å². The predicted octanol–water partition coefficient (Wildman–Crippen LogP) is 3.14. The molecule has 0 saturated carbocycles. The zero-order chi connectivity index (χ0) is 11.7. The van der Waals surface area contributed by atoms with Crippen LogP contribution in [0.4, 0.5) is 5.13 Å². The van der Waals surface area contributed by atoms with Crippen LogP contribution in [-0.2, 0) is 0 Å². The Bertz CT molecular complexity index is 578. The summed E-state index contributed by atoms with van der Waals surface area (Å²) in [6.45, 7) is 0.727. The Kier molecular flexibility index (Phi) is 2.82. The maximum atomic E-state index is 5.61. The molecule has 0 spiro atoms. The molecule has 0 aliphatic carbocycles. The highest BCUT2D eigenvalue weighted by molar-refractivity contribution is 7.73. The first-order chi connectivity index (χ1) is 8.33. The fourth-order valence-corrected chi connectivity index (χ4v) is 2.77. The lowest BCUT2D eigenvalue weighted by molar-refractivity contribution is 0.274. The van der Waals surface area contributed by atoms with Crippen molar-refractivity contribution in [3.8, 4) is 5.75 Å². The summed E-state index contributed by atoms with van der Waals surface area (Å²) in [4.78, 5) is 0. The van der Waals surface area contributed by atoms with Crippen molar-refractivity contribution in [3.05, 3.63) is 33.8 Å². The van der Waals surface area contributed by atoms with Gasteiger partial charge in [-0.25, -0.2) is 0 Å². The standard InChI is InChI=1S/C11H11N3OS2/c16-11-14-13-10(17-11)12-8-5-6-15-9-4-2-1-3-7(8)9/h1-4,8H,5-6H2,(H,12,13)(H,14,16). The average Bonchev–Trinajstić information content (AvgIpc) is 2.75. The highest BCUT2D eigenvalue weighted by atomic mass is 32.1. The first-order valence-corrected chi connectivity index (χ1v) is 6.59. The Morgan fingerprint density at radius 3 is 3.18 bits per heavy atom. The van der Waals surface area contributed by atoms with E-state index in [1.165, 1.54) is 16.9 Å². The summed E-state index contributed by atoms with van der Waals surface area (Å²) >= 11 is 6.47. The highest BCUT2D eigenvalue weighted by Gasteiger charge is 2.21. The molecule has 1 aromatic carbocycles. The van der Waals surface area contributed by atoms with Crippen molar-refractivity contribution >= 4 is 28.7 Å². The predicted molar refractivity (Wildman–Crippen MR) is 70.2 cm³/mol. The molecule has 6 heteroatoms. The highest BCUT2D eigenvalue weighted by Crippen LogP contribution is 2.34. The second kappa shape index (κ2) is 4.46. The molecule has 1 atom stereocenters. The van der Waals surface area contributed by atoms with Crippen molar-refractivity contribution in [2.75, 3.05) is 11.9 Å². The van der Waals surface area contributed by atoms with Crippen LogP contribution in [0.25, 0.3) is 0 Å². The number of nitrogens with zero attached hydrogens (tertiary/aromatic N) is 1. The number of nitrogens with one attached hydrogen (secondary N) is 2. The Morgan fingerprint density at radius 2 is 2.35 bits per heavy atom. The van der Waals surface area contributed by atoms with Gasteiger partial charge in [0.15, 0.2) is 3.95 Å². The van der Waals surface area contributed by atoms with E-state index in [-0.39, 0.29) is 6.04 Å². The van der Waals surface area contributed by atoms with Gasteiger partial charge in [-0.2, -0.15) is 0 Å². The lowest BCUT2D eigenvalue weighted by Crippen LogP contribution is -2.20. The van der Waals surface area contributed by atoms with Gasteiger partial charge in [0.25, 0.3) is 0 Å². The largest absolute Gasteiger partial charge is 0.493 e. The van der Waals surface area contributed by atoms with E-state index < -0.39 is 0 Å². The Hall–Kier alpha value is -1.40. The molecule has 1 unspecified atom stereocenters. The van der Waals surface area contributed by atoms with Crippen molar-refractivity contribution < 1.29 is 4.74 Å². The van der Waals surface area contributed by atoms with E-state index in [0.717, 1.165) is 23.9 Å². The molecular weight excluding hydrogens is 254 g/mol. The van der Waals surface area contributed by atoms with Gasteiger partial charge in [0.05, 0.1) is 12.6 Å². The molecular formula is C11H11N3OS2. The molecule has 0 amide bonds. The summed E-state index contributed by atoms with van der Waals surface area (Å²) in [5.41, 5.74) is 1.18. The van der Waals surface area contributed by atoms with Crippen molar-refractivity contribution in [2.24, 2.45) is 0 Å². The van der Waals surface area contributed by atoms with E-state index in [2.05, 4.69) is 21.6 Å². The van der Waals surface area contributed by atoms with Gasteiger partial charge < -0.3 is 10.1 Å². The summed E-state index contributed by atoms with van der Waals surface area (Å²) < 4.78 is 6.30. The van der Waals surface area contributed by atoms with Gasteiger partial charge in [-0.15, -0.1) is 5.10 Å². The fourth-order valence-electron chi connectivity index (χ4n) is 1.93. The zero-order valence-electron chi connectivity index (χ0n) is 8.97. The Morgan fingerprint density at radius 1 is 1.47 bits per heavy atom. The lowest BCUT2D eigenvalue weighted by atomic mass is 10.0. The average molecular weight is 265 g/mol. The smallest absolute Gasteiger partial charge is 0.204 e. The van der Waals surface area contributed by atoms with E-state index in [0.29, 0.717) is 3.95 Å². The summed E-state index contributed by atoms with van der Waals surface area (Å²) in [6.07, 6.45) is 0.934. The number of rotatable bonds is 2. The Labute approximate surface area is 108 Å². The molecule has 2 heterocycles. The van der Waals surface area contributed by atoms with E-state index in [1.807, 2.05) is 18.2 Å². The van der Waals surface area contributed by atoms with Crippen molar-refractivity contribution in [2.45, 2.75) is 12.5 Å². The molecule has 0 fully saturated rings. The van der Waals surface area contributed by atoms with Crippen LogP contribution >= 0.6 is 23.6 Å². The second-order valence-electron chi connectivity index (χ2n) is 3.79. The van der Waals surface area contributed by atoms with Crippen LogP contribution in [0.1, 0.15) is 18.0 Å². The summed E-state index contributed by atoms with van der Waals surface area (Å²) in [7, 11) is 0. The lowest BCUT2D eigenvalue weighted by Gasteiger charge is -2.26. The van der Waals surface area contributed by atoms with Crippen LogP contribution in [0.15, 0.2) is 24.3 Å². The van der Waals surface area contributed by atoms with Crippen LogP contribution in [0, 0.1) is 3.95 Å². The van der Waals surface area contributed by atoms with Crippen LogP contribution < -0.4 is 10.1 Å². The molecule has 3 rings (SSSR count). The number of benzene rings is 1. The number of para-hydroxylation sites is 1. The maximum Gasteiger partial charge on any atom is 0.204 e. The van der Waals surface area contributed by atoms with Gasteiger partial charge in [0.1, 0.15) is 5.75 Å². The molecule has 88 valence electrons. The minimum absolute atomic E-state index is 0.244. The van der Waals surface area contributed by atoms with Gasteiger partial charge in [-0.1, -0.05) is 29.5 Å². The van der Waals surface area contributed by atoms with Crippen LogP contribution in [-0.4, -0.2) is 16.8 Å². The molecule has 0 radical (unpaired) electrons. The van der Waals surface area contributed by atoms with Gasteiger partial charge in [-0.3, -0.25) is 5.10 Å². The molecule has 2 N–H and O–H groups in total. The zero-order valence-corrected chi connectivity index (χ0v) is 10.6. The Balaban J connectivity index is 1.88. The van der Waals surface area contributed by atoms with Crippen molar-refractivity contribution in [1.82, 2.24) is 10.2 Å². The normalized spacial score (nSPS) is 18.2. The minimum Gasteiger partial charge on any atom is -0.493 e. The second-order valence-corrected chi connectivity index (χ2v) is 5.46. The van der Waals surface area contributed by atoms with Gasteiger partial charge in [0.2, 0.25) is 5.13 Å². The molecule has 1 aliphatic heterocycles. The minimum atomic E-state index is 0.244. The third kappa shape index (κ3) is 2.18. The summed E-state index contributed by atoms with van der Waals surface area (Å²) in [6, 6.07) is 8.33. The van der Waals surface area contributed by atoms with Crippen LogP contribution in [0.3, 0.4) is 0 Å². The number of fused-ring (bicyclic) bond motifs is 1. The third-order valence-corrected chi connectivity index (χ3v) is 3.71. The van der Waals surface area contributed by atoms with E-state index >= 15 is 0 Å². The molecule has 1 aromatic heterocycles. The number of hydrogen-bond donors (Lipinski definition) is 2. The van der Waals surface area contributed by atoms with Gasteiger partial charge >= 0.3 is 0 Å². The number of aromatic nitrogens is 2. The number of aromatic amines is 1. The third-order valence-electron chi connectivity index (χ3n) is 2.69. The fraction of sp³-hybridized carbons (Fsp3) is 0.273. The molecule has 1 aliphatic rings. The van der Waals surface area contributed by atoms with Gasteiger partial charge in [-0.05, 0) is 18.3 Å². The van der Waals surface area contributed by atoms with E-state index in [9.17, 15) is 0 Å².